The minimum atomic E-state index is -0.832. The Balaban J connectivity index is 1.79. The van der Waals surface area contributed by atoms with Gasteiger partial charge in [0.15, 0.2) is 11.6 Å². The molecule has 10 heteroatoms. The molecule has 0 saturated heterocycles. The molecular weight excluding hydrogens is 413 g/mol. The third kappa shape index (κ3) is 3.87. The smallest absolute Gasteiger partial charge is 0.260 e. The van der Waals surface area contributed by atoms with Crippen molar-refractivity contribution in [3.8, 4) is 0 Å². The van der Waals surface area contributed by atoms with Gasteiger partial charge in [-0.05, 0) is 25.1 Å². The highest BCUT2D eigenvalue weighted by atomic mass is 19.1. The van der Waals surface area contributed by atoms with E-state index in [-0.39, 0.29) is 18.0 Å². The first-order valence-electron chi connectivity index (χ1n) is 10.0. The molecule has 164 valence electrons. The Morgan fingerprint density at radius 2 is 2.19 bits per heavy atom. The van der Waals surface area contributed by atoms with Crippen molar-refractivity contribution in [1.29, 1.82) is 0 Å². The monoisotopic (exact) mass is 435 g/mol. The van der Waals surface area contributed by atoms with E-state index < -0.39 is 12.7 Å². The van der Waals surface area contributed by atoms with Crippen LogP contribution >= 0.6 is 0 Å². The summed E-state index contributed by atoms with van der Waals surface area (Å²) in [5, 5.41) is 21.9. The Labute approximate surface area is 182 Å². The van der Waals surface area contributed by atoms with Crippen molar-refractivity contribution >= 4 is 22.7 Å². The maximum absolute atomic E-state index is 13.7. The number of allylic oxidation sites excluding steroid dienone is 2. The topological polar surface area (TPSA) is 104 Å². The number of aliphatic hydroxyl groups excluding tert-OH is 1. The molecule has 1 atom stereocenters. The SMILES string of the molecule is C=C/C(=C\n1c(CF)nnc1[C@@H](C)n1ccc2ncccc2c1=O)c1cnn(CCO)c1. The number of nitrogens with zero attached hydrogens (tertiary/aromatic N) is 7. The van der Waals surface area contributed by atoms with Gasteiger partial charge in [-0.25, -0.2) is 4.39 Å². The summed E-state index contributed by atoms with van der Waals surface area (Å²) >= 11 is 0. The molecule has 0 bridgehead atoms. The van der Waals surface area contributed by atoms with Gasteiger partial charge in [-0.2, -0.15) is 5.10 Å². The summed E-state index contributed by atoms with van der Waals surface area (Å²) in [6.07, 6.45) is 9.95. The number of halogens is 1. The lowest BCUT2D eigenvalue weighted by atomic mass is 10.1. The van der Waals surface area contributed by atoms with Crippen molar-refractivity contribution in [2.24, 2.45) is 0 Å². The summed E-state index contributed by atoms with van der Waals surface area (Å²) in [7, 11) is 0. The third-order valence-corrected chi connectivity index (χ3v) is 5.18. The standard InChI is InChI=1S/C22H22FN7O2/c1-3-16(17-12-25-28(13-17)9-10-31)14-30-20(11-23)26-27-21(30)15(2)29-8-6-19-18(22(29)32)5-4-7-24-19/h3-8,12-15,31H,1,9-11H2,2H3/b16-14+/t15-/m1/s1. The molecule has 4 heterocycles. The summed E-state index contributed by atoms with van der Waals surface area (Å²) in [5.74, 6) is 0.495. The average Bonchev–Trinajstić information content (AvgIpc) is 3.44. The van der Waals surface area contributed by atoms with E-state index in [1.807, 2.05) is 0 Å². The van der Waals surface area contributed by atoms with E-state index in [1.54, 1.807) is 66.9 Å². The predicted molar refractivity (Wildman–Crippen MR) is 118 cm³/mol. The lowest BCUT2D eigenvalue weighted by molar-refractivity contribution is 0.269. The van der Waals surface area contributed by atoms with Crippen LogP contribution in [0.25, 0.3) is 22.7 Å². The Bertz CT molecular complexity index is 1350. The molecule has 0 aliphatic carbocycles. The van der Waals surface area contributed by atoms with Crippen molar-refractivity contribution in [3.05, 3.63) is 83.2 Å². The number of pyridine rings is 2. The molecule has 4 rings (SSSR count). The first kappa shape index (κ1) is 21.3. The van der Waals surface area contributed by atoms with Crippen molar-refractivity contribution in [2.45, 2.75) is 26.2 Å². The largest absolute Gasteiger partial charge is 0.394 e. The van der Waals surface area contributed by atoms with Gasteiger partial charge in [0.25, 0.3) is 5.56 Å². The fraction of sp³-hybridized carbons (Fsp3) is 0.227. The number of aromatic nitrogens is 7. The highest BCUT2D eigenvalue weighted by Crippen LogP contribution is 2.22. The van der Waals surface area contributed by atoms with E-state index in [0.717, 1.165) is 5.56 Å². The van der Waals surface area contributed by atoms with Crippen LogP contribution in [0.4, 0.5) is 4.39 Å². The van der Waals surface area contributed by atoms with Gasteiger partial charge in [-0.3, -0.25) is 19.0 Å². The molecule has 0 aromatic carbocycles. The number of hydrogen-bond acceptors (Lipinski definition) is 6. The summed E-state index contributed by atoms with van der Waals surface area (Å²) in [6, 6.07) is 4.65. The van der Waals surface area contributed by atoms with Crippen LogP contribution in [-0.4, -0.2) is 45.8 Å². The lowest BCUT2D eigenvalue weighted by Crippen LogP contribution is -2.25. The summed E-state index contributed by atoms with van der Waals surface area (Å²) in [4.78, 5) is 17.2. The Morgan fingerprint density at radius 3 is 2.94 bits per heavy atom. The van der Waals surface area contributed by atoms with Gasteiger partial charge in [0.2, 0.25) is 0 Å². The van der Waals surface area contributed by atoms with Gasteiger partial charge in [0.1, 0.15) is 6.67 Å². The Kier molecular flexibility index (Phi) is 6.04. The zero-order chi connectivity index (χ0) is 22.7. The van der Waals surface area contributed by atoms with E-state index >= 15 is 0 Å². The van der Waals surface area contributed by atoms with Crippen LogP contribution < -0.4 is 5.56 Å². The van der Waals surface area contributed by atoms with Gasteiger partial charge >= 0.3 is 0 Å². The highest BCUT2D eigenvalue weighted by molar-refractivity contribution is 5.82. The molecule has 1 N–H and O–H groups in total. The van der Waals surface area contributed by atoms with Gasteiger partial charge < -0.3 is 9.67 Å². The number of fused-ring (bicyclic) bond motifs is 1. The molecule has 0 radical (unpaired) electrons. The fourth-order valence-electron chi connectivity index (χ4n) is 3.49. The summed E-state index contributed by atoms with van der Waals surface area (Å²) in [6.45, 7) is 5.13. The van der Waals surface area contributed by atoms with Crippen LogP contribution in [0, 0.1) is 0 Å². The summed E-state index contributed by atoms with van der Waals surface area (Å²) in [5.41, 5.74) is 1.77. The van der Waals surface area contributed by atoms with Gasteiger partial charge in [0.05, 0.1) is 36.3 Å². The molecule has 9 nitrogen and oxygen atoms in total. The van der Waals surface area contributed by atoms with E-state index in [9.17, 15) is 9.18 Å². The Hall–Kier alpha value is -3.92. The van der Waals surface area contributed by atoms with Gasteiger partial charge in [0, 0.05) is 35.9 Å². The maximum atomic E-state index is 13.7. The second-order valence-electron chi connectivity index (χ2n) is 7.12. The lowest BCUT2D eigenvalue weighted by Gasteiger charge is -2.16. The second kappa shape index (κ2) is 9.06. The second-order valence-corrected chi connectivity index (χ2v) is 7.12. The third-order valence-electron chi connectivity index (χ3n) is 5.18. The molecule has 0 unspecified atom stereocenters. The van der Waals surface area contributed by atoms with Crippen LogP contribution in [0.2, 0.25) is 0 Å². The van der Waals surface area contributed by atoms with E-state index in [0.29, 0.717) is 28.8 Å². The predicted octanol–water partition coefficient (Wildman–Crippen LogP) is 2.44. The van der Waals surface area contributed by atoms with E-state index in [4.69, 9.17) is 5.11 Å². The Morgan fingerprint density at radius 1 is 1.34 bits per heavy atom. The van der Waals surface area contributed by atoms with Crippen molar-refractivity contribution in [2.75, 3.05) is 6.61 Å². The van der Waals surface area contributed by atoms with Crippen LogP contribution in [0.5, 0.6) is 0 Å². The number of hydrogen-bond donors (Lipinski definition) is 1. The zero-order valence-corrected chi connectivity index (χ0v) is 17.5. The molecule has 4 aromatic rings. The van der Waals surface area contributed by atoms with Crippen LogP contribution in [0.3, 0.4) is 0 Å². The van der Waals surface area contributed by atoms with Crippen LogP contribution in [0.1, 0.15) is 30.2 Å². The average molecular weight is 435 g/mol. The van der Waals surface area contributed by atoms with E-state index in [1.165, 1.54) is 9.13 Å². The number of alkyl halides is 1. The van der Waals surface area contributed by atoms with Crippen LogP contribution in [0.15, 0.2) is 60.4 Å². The zero-order valence-electron chi connectivity index (χ0n) is 17.5. The number of aliphatic hydroxyl groups is 1. The molecule has 4 aromatic heterocycles. The fourth-order valence-corrected chi connectivity index (χ4v) is 3.49. The quantitative estimate of drug-likeness (QED) is 0.427. The van der Waals surface area contributed by atoms with Crippen molar-refractivity contribution < 1.29 is 9.50 Å². The normalized spacial score (nSPS) is 12.9. The van der Waals surface area contributed by atoms with E-state index in [2.05, 4.69) is 26.9 Å². The molecule has 0 amide bonds. The molecule has 0 fully saturated rings. The van der Waals surface area contributed by atoms with Gasteiger partial charge in [-0.1, -0.05) is 12.7 Å². The minimum Gasteiger partial charge on any atom is -0.394 e. The molecular formula is C22H22FN7O2. The van der Waals surface area contributed by atoms with Crippen LogP contribution in [-0.2, 0) is 13.2 Å². The van der Waals surface area contributed by atoms with Gasteiger partial charge in [-0.15, -0.1) is 10.2 Å². The highest BCUT2D eigenvalue weighted by Gasteiger charge is 2.20. The minimum absolute atomic E-state index is 0.0383. The molecule has 0 aliphatic heterocycles. The first-order chi connectivity index (χ1) is 15.6. The molecule has 32 heavy (non-hydrogen) atoms. The van der Waals surface area contributed by atoms with Crippen molar-refractivity contribution in [1.82, 2.24) is 34.1 Å². The summed E-state index contributed by atoms with van der Waals surface area (Å²) < 4.78 is 18.4. The first-order valence-corrected chi connectivity index (χ1v) is 10.0. The molecule has 0 spiro atoms. The molecule has 0 saturated carbocycles. The number of rotatable bonds is 8. The molecule has 0 aliphatic rings. The van der Waals surface area contributed by atoms with Crippen molar-refractivity contribution in [3.63, 3.8) is 0 Å². The maximum Gasteiger partial charge on any atom is 0.260 e.